The molecule has 0 unspecified atom stereocenters. The quantitative estimate of drug-likeness (QED) is 0.446. The Morgan fingerprint density at radius 3 is 1.88 bits per heavy atom. The molecule has 0 atom stereocenters. The van der Waals surface area contributed by atoms with Crippen LogP contribution in [-0.4, -0.2) is 65.3 Å². The largest absolute Gasteiger partial charge is 0.379 e. The number of carbonyl (C=O) groups is 1. The van der Waals surface area contributed by atoms with Crippen molar-refractivity contribution in [1.29, 1.82) is 0 Å². The predicted molar refractivity (Wildman–Crippen MR) is 104 cm³/mol. The van der Waals surface area contributed by atoms with Gasteiger partial charge in [-0.25, -0.2) is 0 Å². The monoisotopic (exact) mass is 375 g/mol. The summed E-state index contributed by atoms with van der Waals surface area (Å²) in [5.74, 6) is 1.90. The first-order valence-electron chi connectivity index (χ1n) is 10.2. The van der Waals surface area contributed by atoms with E-state index in [0.29, 0.717) is 52.8 Å². The van der Waals surface area contributed by atoms with E-state index in [2.05, 4.69) is 19.2 Å². The Labute approximate surface area is 160 Å². The van der Waals surface area contributed by atoms with Crippen LogP contribution in [0.5, 0.6) is 0 Å². The van der Waals surface area contributed by atoms with E-state index in [9.17, 15) is 4.79 Å². The van der Waals surface area contributed by atoms with E-state index in [1.54, 1.807) is 0 Å². The number of hydrogen-bond donors (Lipinski definition) is 1. The van der Waals surface area contributed by atoms with Gasteiger partial charge in [0.15, 0.2) is 0 Å². The normalized spacial score (nSPS) is 20.5. The summed E-state index contributed by atoms with van der Waals surface area (Å²) in [6.45, 7) is 11.8. The van der Waals surface area contributed by atoms with Crippen LogP contribution in [0.25, 0.3) is 0 Å². The SMILES string of the molecule is CCOCCOCCOCCOCCNC(=O)C1CCC(C(C)C)CC1.[HH]. The molecule has 0 aromatic heterocycles. The lowest BCUT2D eigenvalue weighted by molar-refractivity contribution is -0.126. The van der Waals surface area contributed by atoms with Crippen molar-refractivity contribution >= 4 is 5.91 Å². The van der Waals surface area contributed by atoms with Crippen molar-refractivity contribution in [2.24, 2.45) is 17.8 Å². The molecule has 0 saturated heterocycles. The lowest BCUT2D eigenvalue weighted by Crippen LogP contribution is -2.35. The second kappa shape index (κ2) is 15.4. The van der Waals surface area contributed by atoms with Gasteiger partial charge in [0.1, 0.15) is 0 Å². The lowest BCUT2D eigenvalue weighted by Gasteiger charge is -2.30. The molecule has 26 heavy (non-hydrogen) atoms. The highest BCUT2D eigenvalue weighted by Gasteiger charge is 2.27. The highest BCUT2D eigenvalue weighted by molar-refractivity contribution is 5.78. The van der Waals surface area contributed by atoms with Gasteiger partial charge in [0.05, 0.1) is 46.2 Å². The van der Waals surface area contributed by atoms with Crippen LogP contribution in [0.4, 0.5) is 0 Å². The first kappa shape index (κ1) is 23.3. The van der Waals surface area contributed by atoms with E-state index in [0.717, 1.165) is 31.3 Å². The highest BCUT2D eigenvalue weighted by Crippen LogP contribution is 2.33. The Morgan fingerprint density at radius 1 is 0.885 bits per heavy atom. The minimum absolute atomic E-state index is 0. The minimum Gasteiger partial charge on any atom is -0.379 e. The molecule has 0 bridgehead atoms. The molecule has 1 saturated carbocycles. The van der Waals surface area contributed by atoms with Crippen molar-refractivity contribution in [2.45, 2.75) is 46.5 Å². The molecule has 1 amide bonds. The molecule has 0 aromatic carbocycles. The van der Waals surface area contributed by atoms with Crippen LogP contribution in [0, 0.1) is 17.8 Å². The van der Waals surface area contributed by atoms with E-state index in [-0.39, 0.29) is 13.3 Å². The number of hydrogen-bond acceptors (Lipinski definition) is 5. The standard InChI is InChI=1S/C20H39NO5.H2/c1-4-23-11-12-25-15-16-26-14-13-24-10-9-21-20(22)19-7-5-18(6-8-19)17(2)3;/h17-19H,4-16H2,1-3H3,(H,21,22);1H. The maximum absolute atomic E-state index is 12.2. The Balaban J connectivity index is 0.00000676. The Bertz CT molecular complexity index is 349. The van der Waals surface area contributed by atoms with Gasteiger partial charge in [-0.3, -0.25) is 4.79 Å². The summed E-state index contributed by atoms with van der Waals surface area (Å²) in [6, 6.07) is 0. The fraction of sp³-hybridized carbons (Fsp3) is 0.950. The third-order valence-corrected chi connectivity index (χ3v) is 4.95. The van der Waals surface area contributed by atoms with Crippen molar-refractivity contribution in [3.8, 4) is 0 Å². The Morgan fingerprint density at radius 2 is 1.38 bits per heavy atom. The van der Waals surface area contributed by atoms with Gasteiger partial charge < -0.3 is 24.3 Å². The summed E-state index contributed by atoms with van der Waals surface area (Å²) in [5, 5.41) is 3.00. The lowest BCUT2D eigenvalue weighted by atomic mass is 9.77. The van der Waals surface area contributed by atoms with Gasteiger partial charge in [-0.15, -0.1) is 0 Å². The van der Waals surface area contributed by atoms with Gasteiger partial charge in [-0.1, -0.05) is 13.8 Å². The smallest absolute Gasteiger partial charge is 0.223 e. The first-order chi connectivity index (χ1) is 12.6. The van der Waals surface area contributed by atoms with Gasteiger partial charge in [0.2, 0.25) is 5.91 Å². The van der Waals surface area contributed by atoms with E-state index in [1.165, 1.54) is 12.8 Å². The molecule has 0 radical (unpaired) electrons. The number of carbonyl (C=O) groups excluding carboxylic acids is 1. The molecular weight excluding hydrogens is 334 g/mol. The maximum Gasteiger partial charge on any atom is 0.223 e. The van der Waals surface area contributed by atoms with Gasteiger partial charge in [-0.2, -0.15) is 0 Å². The predicted octanol–water partition coefficient (Wildman–Crippen LogP) is 2.90. The van der Waals surface area contributed by atoms with E-state index < -0.39 is 0 Å². The van der Waals surface area contributed by atoms with Crippen LogP contribution in [0.2, 0.25) is 0 Å². The van der Waals surface area contributed by atoms with Crippen LogP contribution in [0.3, 0.4) is 0 Å². The summed E-state index contributed by atoms with van der Waals surface area (Å²) in [5.41, 5.74) is 0. The summed E-state index contributed by atoms with van der Waals surface area (Å²) in [7, 11) is 0. The Kier molecular flexibility index (Phi) is 13.8. The van der Waals surface area contributed by atoms with Crippen molar-refractivity contribution in [1.82, 2.24) is 5.32 Å². The molecule has 6 heteroatoms. The molecule has 0 spiro atoms. The zero-order valence-corrected chi connectivity index (χ0v) is 17.0. The average molecular weight is 376 g/mol. The van der Waals surface area contributed by atoms with E-state index in [1.807, 2.05) is 6.92 Å². The van der Waals surface area contributed by atoms with Gasteiger partial charge >= 0.3 is 0 Å². The average Bonchev–Trinajstić information content (AvgIpc) is 2.65. The van der Waals surface area contributed by atoms with Gasteiger partial charge in [0.25, 0.3) is 0 Å². The summed E-state index contributed by atoms with van der Waals surface area (Å²) < 4.78 is 21.4. The minimum atomic E-state index is 0. The molecule has 0 aliphatic heterocycles. The van der Waals surface area contributed by atoms with Crippen LogP contribution in [-0.2, 0) is 23.7 Å². The summed E-state index contributed by atoms with van der Waals surface area (Å²) in [4.78, 5) is 12.2. The van der Waals surface area contributed by atoms with Gasteiger partial charge in [0, 0.05) is 20.5 Å². The van der Waals surface area contributed by atoms with E-state index in [4.69, 9.17) is 18.9 Å². The molecular formula is C20H41NO5. The zero-order chi connectivity index (χ0) is 19.0. The Hall–Kier alpha value is -0.690. The third-order valence-electron chi connectivity index (χ3n) is 4.95. The first-order valence-corrected chi connectivity index (χ1v) is 10.2. The van der Waals surface area contributed by atoms with E-state index >= 15 is 0 Å². The second-order valence-electron chi connectivity index (χ2n) is 7.18. The van der Waals surface area contributed by atoms with Crippen LogP contribution < -0.4 is 5.32 Å². The molecule has 6 nitrogen and oxygen atoms in total. The van der Waals surface area contributed by atoms with Crippen molar-refractivity contribution in [2.75, 3.05) is 59.4 Å². The topological polar surface area (TPSA) is 66.0 Å². The number of ether oxygens (including phenoxy) is 4. The van der Waals surface area contributed by atoms with Gasteiger partial charge in [-0.05, 0) is 44.4 Å². The number of amides is 1. The third kappa shape index (κ3) is 11.1. The molecule has 156 valence electrons. The van der Waals surface area contributed by atoms with Crippen molar-refractivity contribution < 1.29 is 25.2 Å². The zero-order valence-electron chi connectivity index (χ0n) is 17.0. The highest BCUT2D eigenvalue weighted by atomic mass is 16.6. The fourth-order valence-corrected chi connectivity index (χ4v) is 3.24. The molecule has 0 heterocycles. The van der Waals surface area contributed by atoms with Crippen molar-refractivity contribution in [3.63, 3.8) is 0 Å². The molecule has 1 rings (SSSR count). The molecule has 1 N–H and O–H groups in total. The molecule has 1 aliphatic carbocycles. The fourth-order valence-electron chi connectivity index (χ4n) is 3.24. The number of nitrogens with one attached hydrogen (secondary N) is 1. The summed E-state index contributed by atoms with van der Waals surface area (Å²) in [6.07, 6.45) is 4.41. The van der Waals surface area contributed by atoms with Crippen molar-refractivity contribution in [3.05, 3.63) is 0 Å². The van der Waals surface area contributed by atoms with Crippen LogP contribution in [0.1, 0.15) is 47.9 Å². The number of rotatable bonds is 15. The van der Waals surface area contributed by atoms with Crippen LogP contribution in [0.15, 0.2) is 0 Å². The molecule has 0 aromatic rings. The van der Waals surface area contributed by atoms with Crippen LogP contribution >= 0.6 is 0 Å². The second-order valence-corrected chi connectivity index (χ2v) is 7.18. The maximum atomic E-state index is 12.2. The summed E-state index contributed by atoms with van der Waals surface area (Å²) >= 11 is 0. The molecule has 1 aliphatic rings. The molecule has 1 fully saturated rings.